The van der Waals surface area contributed by atoms with Crippen molar-refractivity contribution in [2.75, 3.05) is 0 Å². The van der Waals surface area contributed by atoms with Crippen LogP contribution in [-0.4, -0.2) is 19.4 Å². The van der Waals surface area contributed by atoms with Crippen LogP contribution in [0.1, 0.15) is 0 Å². The van der Waals surface area contributed by atoms with E-state index in [1.165, 1.54) is 12.4 Å². The number of para-hydroxylation sites is 1. The molecule has 0 aliphatic carbocycles. The molecule has 0 unspecified atom stereocenters. The molecule has 4 aromatic rings. The second-order valence-corrected chi connectivity index (χ2v) is 3.92. The number of imidazole rings is 1. The Hall–Kier alpha value is -2.43. The number of rotatable bonds is 0. The molecule has 0 saturated carbocycles. The summed E-state index contributed by atoms with van der Waals surface area (Å²) in [6.07, 6.45) is 2.55. The first-order valence-corrected chi connectivity index (χ1v) is 5.23. The van der Waals surface area contributed by atoms with Crippen molar-refractivity contribution in [3.8, 4) is 0 Å². The molecule has 3 heterocycles. The fourth-order valence-electron chi connectivity index (χ4n) is 2.14. The highest BCUT2D eigenvalue weighted by atomic mass is 19.1. The minimum absolute atomic E-state index is 0.379. The lowest BCUT2D eigenvalue weighted by Crippen LogP contribution is -1.90. The zero-order valence-electron chi connectivity index (χ0n) is 8.68. The van der Waals surface area contributed by atoms with Gasteiger partial charge in [-0.2, -0.15) is 0 Å². The summed E-state index contributed by atoms with van der Waals surface area (Å²) in [6, 6.07) is 7.85. The molecular formula is C12H7FN4. The Balaban J connectivity index is 2.30. The van der Waals surface area contributed by atoms with Crippen molar-refractivity contribution in [3.63, 3.8) is 0 Å². The van der Waals surface area contributed by atoms with Gasteiger partial charge in [0.05, 0.1) is 12.4 Å². The molecule has 5 heteroatoms. The molecule has 17 heavy (non-hydrogen) atoms. The number of aromatic nitrogens is 4. The summed E-state index contributed by atoms with van der Waals surface area (Å²) in [5.74, 6) is 0.119. The maximum Gasteiger partial charge on any atom is 0.236 e. The van der Waals surface area contributed by atoms with Crippen LogP contribution in [0.25, 0.3) is 27.8 Å². The topological polar surface area (TPSA) is 46.0 Å². The first-order valence-electron chi connectivity index (χ1n) is 5.23. The van der Waals surface area contributed by atoms with Gasteiger partial charge in [-0.25, -0.2) is 14.4 Å². The number of nitrogens with zero attached hydrogens (tertiary/aromatic N) is 3. The molecular weight excluding hydrogens is 219 g/mol. The molecule has 0 fully saturated rings. The highest BCUT2D eigenvalue weighted by molar-refractivity contribution is 6.04. The minimum Gasteiger partial charge on any atom is -0.339 e. The number of nitrogens with one attached hydrogen (secondary N) is 1. The van der Waals surface area contributed by atoms with Crippen molar-refractivity contribution in [1.82, 2.24) is 19.4 Å². The maximum absolute atomic E-state index is 13.2. The van der Waals surface area contributed by atoms with E-state index in [-0.39, 0.29) is 5.82 Å². The fraction of sp³-hybridized carbons (Fsp3) is 0. The van der Waals surface area contributed by atoms with Gasteiger partial charge in [0.25, 0.3) is 0 Å². The average Bonchev–Trinajstić information content (AvgIpc) is 2.85. The van der Waals surface area contributed by atoms with Crippen molar-refractivity contribution in [2.24, 2.45) is 0 Å². The second kappa shape index (κ2) is 2.82. The summed E-state index contributed by atoms with van der Waals surface area (Å²) in [4.78, 5) is 11.6. The standard InChI is InChI=1S/C12H7FN4/c13-7-5-14-12-16-10-8-3-1-2-4-9(8)15-11(10)17(12)6-7/h1-6,15H. The number of hydrogen-bond donors (Lipinski definition) is 1. The van der Waals surface area contributed by atoms with Gasteiger partial charge < -0.3 is 4.98 Å². The number of halogens is 1. The van der Waals surface area contributed by atoms with E-state index in [2.05, 4.69) is 15.0 Å². The molecule has 0 amide bonds. The maximum atomic E-state index is 13.2. The van der Waals surface area contributed by atoms with Crippen LogP contribution in [0.3, 0.4) is 0 Å². The first-order chi connectivity index (χ1) is 8.33. The van der Waals surface area contributed by atoms with Gasteiger partial charge in [0.15, 0.2) is 5.82 Å². The van der Waals surface area contributed by atoms with Gasteiger partial charge in [-0.1, -0.05) is 18.2 Å². The molecule has 0 saturated heterocycles. The SMILES string of the molecule is Fc1cnc2nc3c4ccccc4[nH]c3n2c1. The molecule has 1 aromatic carbocycles. The molecule has 0 spiro atoms. The molecule has 0 bridgehead atoms. The monoisotopic (exact) mass is 226 g/mol. The van der Waals surface area contributed by atoms with Crippen LogP contribution < -0.4 is 0 Å². The van der Waals surface area contributed by atoms with Crippen LogP contribution in [0.5, 0.6) is 0 Å². The number of aromatic amines is 1. The molecule has 0 aliphatic heterocycles. The van der Waals surface area contributed by atoms with Crippen LogP contribution in [-0.2, 0) is 0 Å². The van der Waals surface area contributed by atoms with Gasteiger partial charge in [0.2, 0.25) is 5.78 Å². The minimum atomic E-state index is -0.379. The van der Waals surface area contributed by atoms with Gasteiger partial charge in [-0.15, -0.1) is 0 Å². The van der Waals surface area contributed by atoms with Crippen molar-refractivity contribution in [3.05, 3.63) is 42.5 Å². The summed E-state index contributed by atoms with van der Waals surface area (Å²) < 4.78 is 14.8. The van der Waals surface area contributed by atoms with Gasteiger partial charge in [0, 0.05) is 10.9 Å². The Morgan fingerprint density at radius 3 is 3.06 bits per heavy atom. The third kappa shape index (κ3) is 1.05. The van der Waals surface area contributed by atoms with Crippen LogP contribution in [0.15, 0.2) is 36.7 Å². The Bertz CT molecular complexity index is 859. The number of fused-ring (bicyclic) bond motifs is 5. The largest absolute Gasteiger partial charge is 0.339 e. The Kier molecular flexibility index (Phi) is 1.44. The highest BCUT2D eigenvalue weighted by Gasteiger charge is 2.11. The van der Waals surface area contributed by atoms with Crippen LogP contribution >= 0.6 is 0 Å². The smallest absolute Gasteiger partial charge is 0.236 e. The Labute approximate surface area is 94.7 Å². The van der Waals surface area contributed by atoms with Crippen LogP contribution in [0.4, 0.5) is 4.39 Å². The summed E-state index contributed by atoms with van der Waals surface area (Å²) in [5, 5.41) is 1.02. The van der Waals surface area contributed by atoms with Crippen molar-refractivity contribution >= 4 is 27.8 Å². The summed E-state index contributed by atoms with van der Waals surface area (Å²) in [6.45, 7) is 0. The van der Waals surface area contributed by atoms with E-state index >= 15 is 0 Å². The van der Waals surface area contributed by atoms with E-state index in [1.54, 1.807) is 4.40 Å². The van der Waals surface area contributed by atoms with Gasteiger partial charge >= 0.3 is 0 Å². The predicted octanol–water partition coefficient (Wildman–Crippen LogP) is 2.50. The Morgan fingerprint density at radius 1 is 1.24 bits per heavy atom. The molecule has 3 aromatic heterocycles. The van der Waals surface area contributed by atoms with Crippen LogP contribution in [0, 0.1) is 5.82 Å². The summed E-state index contributed by atoms with van der Waals surface area (Å²) >= 11 is 0. The number of hydrogen-bond acceptors (Lipinski definition) is 2. The second-order valence-electron chi connectivity index (χ2n) is 3.92. The molecule has 1 N–H and O–H groups in total. The number of H-pyrrole nitrogens is 1. The lowest BCUT2D eigenvalue weighted by Gasteiger charge is -1.92. The van der Waals surface area contributed by atoms with Crippen molar-refractivity contribution in [1.29, 1.82) is 0 Å². The average molecular weight is 226 g/mol. The van der Waals surface area contributed by atoms with Gasteiger partial charge in [0.1, 0.15) is 11.2 Å². The van der Waals surface area contributed by atoms with E-state index in [4.69, 9.17) is 0 Å². The van der Waals surface area contributed by atoms with E-state index in [0.717, 1.165) is 22.1 Å². The highest BCUT2D eigenvalue weighted by Crippen LogP contribution is 2.24. The zero-order chi connectivity index (χ0) is 11.4. The molecule has 0 radical (unpaired) electrons. The third-order valence-corrected chi connectivity index (χ3v) is 2.88. The number of benzene rings is 1. The quantitative estimate of drug-likeness (QED) is 0.500. The Morgan fingerprint density at radius 2 is 2.12 bits per heavy atom. The third-order valence-electron chi connectivity index (χ3n) is 2.88. The van der Waals surface area contributed by atoms with Crippen LogP contribution in [0.2, 0.25) is 0 Å². The molecule has 82 valence electrons. The van der Waals surface area contributed by atoms with Crippen molar-refractivity contribution in [2.45, 2.75) is 0 Å². The van der Waals surface area contributed by atoms with E-state index < -0.39 is 0 Å². The van der Waals surface area contributed by atoms with Gasteiger partial charge in [-0.3, -0.25) is 4.40 Å². The van der Waals surface area contributed by atoms with E-state index in [9.17, 15) is 4.39 Å². The summed E-state index contributed by atoms with van der Waals surface area (Å²) in [5.41, 5.74) is 2.58. The van der Waals surface area contributed by atoms with E-state index in [0.29, 0.717) is 5.78 Å². The normalized spacial score (nSPS) is 11.8. The van der Waals surface area contributed by atoms with Gasteiger partial charge in [-0.05, 0) is 6.07 Å². The zero-order valence-corrected chi connectivity index (χ0v) is 8.68. The lowest BCUT2D eigenvalue weighted by atomic mass is 10.2. The van der Waals surface area contributed by atoms with E-state index in [1.807, 2.05) is 24.3 Å². The molecule has 4 rings (SSSR count). The lowest BCUT2D eigenvalue weighted by molar-refractivity contribution is 0.612. The summed E-state index contributed by atoms with van der Waals surface area (Å²) in [7, 11) is 0. The predicted molar refractivity (Wildman–Crippen MR) is 62.3 cm³/mol. The fourth-order valence-corrected chi connectivity index (χ4v) is 2.14. The molecule has 0 aliphatic rings. The van der Waals surface area contributed by atoms with Crippen molar-refractivity contribution < 1.29 is 4.39 Å². The first kappa shape index (κ1) is 8.69. The molecule has 0 atom stereocenters. The molecule has 4 nitrogen and oxygen atoms in total.